The number of imide groups is 1. The van der Waals surface area contributed by atoms with Gasteiger partial charge in [0.25, 0.3) is 0 Å². The average Bonchev–Trinajstić information content (AvgIpc) is 2.18. The van der Waals surface area contributed by atoms with Crippen molar-refractivity contribution in [1.29, 1.82) is 0 Å². The molecule has 5 nitrogen and oxygen atoms in total. The van der Waals surface area contributed by atoms with Crippen LogP contribution in [0.15, 0.2) is 12.2 Å². The van der Waals surface area contributed by atoms with E-state index in [0.29, 0.717) is 0 Å². The summed E-state index contributed by atoms with van der Waals surface area (Å²) in [4.78, 5) is 31.5. The molecule has 11 heavy (non-hydrogen) atoms. The zero-order valence-corrected chi connectivity index (χ0v) is 7.31. The molecule has 1 aliphatic rings. The van der Waals surface area contributed by atoms with Crippen LogP contribution in [0, 0.1) is 0 Å². The van der Waals surface area contributed by atoms with Crippen LogP contribution in [-0.2, 0) is 9.59 Å². The number of carboxylic acid groups (broad SMARTS) is 1. The van der Waals surface area contributed by atoms with Crippen molar-refractivity contribution in [3.8, 4) is 0 Å². The second-order valence-corrected chi connectivity index (χ2v) is 4.00. The first-order valence-electron chi connectivity index (χ1n) is 2.55. The summed E-state index contributed by atoms with van der Waals surface area (Å²) in [6.45, 7) is 0. The summed E-state index contributed by atoms with van der Waals surface area (Å²) in [5.74, 6) is -1.05. The van der Waals surface area contributed by atoms with Crippen LogP contribution in [0.1, 0.15) is 0 Å². The molecule has 6 heteroatoms. The van der Waals surface area contributed by atoms with Gasteiger partial charge in [-0.15, -0.1) is 0 Å². The molecule has 0 aromatic heterocycles. The summed E-state index contributed by atoms with van der Waals surface area (Å²) >= 11 is -1.53. The quantitative estimate of drug-likeness (QED) is 0.245. The van der Waals surface area contributed by atoms with E-state index in [1.807, 2.05) is 0 Å². The van der Waals surface area contributed by atoms with Crippen molar-refractivity contribution in [1.82, 2.24) is 3.11 Å². The third-order valence-corrected chi connectivity index (χ3v) is 2.76. The van der Waals surface area contributed by atoms with Gasteiger partial charge in [-0.3, -0.25) is 0 Å². The Labute approximate surface area is 72.3 Å². The van der Waals surface area contributed by atoms with Gasteiger partial charge in [0.15, 0.2) is 0 Å². The molecule has 0 aromatic rings. The van der Waals surface area contributed by atoms with Crippen molar-refractivity contribution in [2.45, 2.75) is 0 Å². The molecule has 0 aliphatic carbocycles. The van der Waals surface area contributed by atoms with Gasteiger partial charge in [-0.25, -0.2) is 0 Å². The Hall–Kier alpha value is -0.920. The summed E-state index contributed by atoms with van der Waals surface area (Å²) in [5, 5.41) is 8.28. The zero-order chi connectivity index (χ0) is 8.43. The van der Waals surface area contributed by atoms with E-state index in [2.05, 4.69) is 0 Å². The van der Waals surface area contributed by atoms with E-state index in [4.69, 9.17) is 5.11 Å². The fourth-order valence-electron chi connectivity index (χ4n) is 0.538. The first-order valence-corrected chi connectivity index (χ1v) is 4.60. The molecular formula is C5H3INO4-. The molecule has 0 radical (unpaired) electrons. The van der Waals surface area contributed by atoms with Gasteiger partial charge >= 0.3 is 72.0 Å². The fourth-order valence-corrected chi connectivity index (χ4v) is 1.75. The molecule has 1 rings (SSSR count). The Bertz CT molecular complexity index is 241. The van der Waals surface area contributed by atoms with Crippen molar-refractivity contribution < 1.29 is 41.0 Å². The Morgan fingerprint density at radius 1 is 1.36 bits per heavy atom. The van der Waals surface area contributed by atoms with Crippen molar-refractivity contribution in [2.75, 3.05) is 0 Å². The van der Waals surface area contributed by atoms with Crippen LogP contribution in [-0.4, -0.2) is 24.0 Å². The minimum atomic E-state index is -1.53. The van der Waals surface area contributed by atoms with E-state index >= 15 is 0 Å². The Morgan fingerprint density at radius 2 is 1.82 bits per heavy atom. The molecule has 2 amide bonds. The van der Waals surface area contributed by atoms with Crippen LogP contribution in [0.3, 0.4) is 0 Å². The molecule has 60 valence electrons. The van der Waals surface area contributed by atoms with Crippen LogP contribution < -0.4 is 21.5 Å². The average molecular weight is 268 g/mol. The third-order valence-electron chi connectivity index (χ3n) is 0.912. The van der Waals surface area contributed by atoms with Gasteiger partial charge in [-0.1, -0.05) is 0 Å². The summed E-state index contributed by atoms with van der Waals surface area (Å²) < 4.78 is -0.324. The number of carbonyl (C=O) groups is 3. The predicted molar refractivity (Wildman–Crippen MR) is 29.0 cm³/mol. The summed E-state index contributed by atoms with van der Waals surface area (Å²) in [6.07, 6.45) is 2.15. The SMILES string of the molecule is O=C(O)[I-]N1C(=O)C=CC1=O. The van der Waals surface area contributed by atoms with Crippen LogP contribution >= 0.6 is 0 Å². The fraction of sp³-hybridized carbons (Fsp3) is 0. The molecular weight excluding hydrogens is 265 g/mol. The molecule has 0 spiro atoms. The summed E-state index contributed by atoms with van der Waals surface area (Å²) in [6, 6.07) is 0. The predicted octanol–water partition coefficient (Wildman–Crippen LogP) is -3.41. The van der Waals surface area contributed by atoms with E-state index in [-0.39, 0.29) is 0 Å². The summed E-state index contributed by atoms with van der Waals surface area (Å²) in [5.41, 5.74) is 0. The van der Waals surface area contributed by atoms with Crippen LogP contribution in [0.25, 0.3) is 0 Å². The Kier molecular flexibility index (Phi) is 2.22. The van der Waals surface area contributed by atoms with Gasteiger partial charge < -0.3 is 0 Å². The van der Waals surface area contributed by atoms with Gasteiger partial charge in [-0.05, 0) is 0 Å². The van der Waals surface area contributed by atoms with Gasteiger partial charge in [0, 0.05) is 0 Å². The first kappa shape index (κ1) is 8.18. The number of rotatable bonds is 2. The van der Waals surface area contributed by atoms with Gasteiger partial charge in [0.2, 0.25) is 0 Å². The van der Waals surface area contributed by atoms with Crippen molar-refractivity contribution in [2.24, 2.45) is 0 Å². The van der Waals surface area contributed by atoms with E-state index in [1.165, 1.54) is 0 Å². The number of hydrogen-bond acceptors (Lipinski definition) is 3. The molecule has 0 fully saturated rings. The number of carbonyl (C=O) groups excluding carboxylic acids is 2. The molecule has 0 unspecified atom stereocenters. The molecule has 0 bridgehead atoms. The van der Waals surface area contributed by atoms with Crippen LogP contribution in [0.2, 0.25) is 0 Å². The van der Waals surface area contributed by atoms with E-state index in [0.717, 1.165) is 15.3 Å². The minimum absolute atomic E-state index is 0.523. The molecule has 0 atom stereocenters. The van der Waals surface area contributed by atoms with E-state index < -0.39 is 37.3 Å². The molecule has 1 aliphatic heterocycles. The van der Waals surface area contributed by atoms with Crippen LogP contribution in [0.5, 0.6) is 0 Å². The number of hydrogen-bond donors (Lipinski definition) is 1. The number of halogens is 1. The second kappa shape index (κ2) is 2.99. The number of amides is 2. The molecule has 0 saturated heterocycles. The summed E-state index contributed by atoms with van der Waals surface area (Å²) in [7, 11) is 0. The van der Waals surface area contributed by atoms with Crippen LogP contribution in [0.4, 0.5) is 4.79 Å². The van der Waals surface area contributed by atoms with Crippen molar-refractivity contribution in [3.63, 3.8) is 0 Å². The monoisotopic (exact) mass is 268 g/mol. The van der Waals surface area contributed by atoms with Crippen molar-refractivity contribution >= 4 is 15.8 Å². The van der Waals surface area contributed by atoms with Crippen molar-refractivity contribution in [3.05, 3.63) is 12.2 Å². The first-order chi connectivity index (χ1) is 5.11. The van der Waals surface area contributed by atoms with Gasteiger partial charge in [0.05, 0.1) is 0 Å². The Balaban J connectivity index is 2.66. The van der Waals surface area contributed by atoms with Gasteiger partial charge in [0.1, 0.15) is 0 Å². The third kappa shape index (κ3) is 1.76. The molecule has 1 heterocycles. The van der Waals surface area contributed by atoms with E-state index in [1.54, 1.807) is 0 Å². The standard InChI is InChI=1S/C5H3INO4/c8-3-1-2-4(9)7(3)6-5(10)11/h1-2H,(H,10,11)/q-1. The maximum atomic E-state index is 10.7. The second-order valence-electron chi connectivity index (χ2n) is 1.63. The Morgan fingerprint density at radius 3 is 2.18 bits per heavy atom. The topological polar surface area (TPSA) is 74.7 Å². The molecule has 0 saturated carbocycles. The zero-order valence-electron chi connectivity index (χ0n) is 5.15. The molecule has 0 aromatic carbocycles. The maximum absolute atomic E-state index is 10.7. The van der Waals surface area contributed by atoms with E-state index in [9.17, 15) is 14.4 Å². The van der Waals surface area contributed by atoms with Gasteiger partial charge in [-0.2, -0.15) is 0 Å². The molecule has 1 N–H and O–H groups in total. The number of nitrogens with zero attached hydrogens (tertiary/aromatic N) is 1. The normalized spacial score (nSPS) is 16.5.